The molecule has 3 nitrogen and oxygen atoms in total. The quantitative estimate of drug-likeness (QED) is 0.561. The minimum absolute atomic E-state index is 0.477. The van der Waals surface area contributed by atoms with E-state index < -0.39 is 11.8 Å². The molecule has 1 unspecified atom stereocenters. The zero-order chi connectivity index (χ0) is 10.8. The van der Waals surface area contributed by atoms with Gasteiger partial charge in [-0.2, -0.15) is 5.06 Å². The van der Waals surface area contributed by atoms with E-state index in [0.717, 1.165) is 5.06 Å². The Kier molecular flexibility index (Phi) is 3.26. The van der Waals surface area contributed by atoms with Crippen molar-refractivity contribution in [3.63, 3.8) is 0 Å². The lowest BCUT2D eigenvalue weighted by atomic mass is 10.1. The lowest BCUT2D eigenvalue weighted by Gasteiger charge is -2.33. The molecule has 0 saturated heterocycles. The van der Waals surface area contributed by atoms with Gasteiger partial charge >= 0.3 is 0 Å². The van der Waals surface area contributed by atoms with E-state index in [1.165, 1.54) is 0 Å². The van der Waals surface area contributed by atoms with Crippen LogP contribution >= 0.6 is 0 Å². The van der Waals surface area contributed by atoms with Crippen LogP contribution in [-0.2, 0) is 0 Å². The van der Waals surface area contributed by atoms with Crippen LogP contribution in [0.5, 0.6) is 0 Å². The number of aliphatic hydroxyl groups excluding tert-OH is 1. The van der Waals surface area contributed by atoms with Gasteiger partial charge in [-0.15, -0.1) is 0 Å². The zero-order valence-corrected chi connectivity index (χ0v) is 8.81. The molecule has 0 bridgehead atoms. The Morgan fingerprint density at radius 2 is 1.64 bits per heavy atom. The van der Waals surface area contributed by atoms with Crippen molar-refractivity contribution in [2.45, 2.75) is 32.5 Å². The molecule has 0 spiro atoms. The van der Waals surface area contributed by atoms with E-state index in [4.69, 9.17) is 0 Å². The third-order valence-electron chi connectivity index (χ3n) is 2.02. The standard InChI is InChI=1S/C11H17NO2/c1-11(2,3)12(14)10(13)9-7-5-4-6-8-9/h4-8,10,13-14H,1-3H3. The molecule has 0 heterocycles. The predicted octanol–water partition coefficient (Wildman–Crippen LogP) is 2.17. The first-order valence-corrected chi connectivity index (χ1v) is 4.64. The Morgan fingerprint density at radius 3 is 2.07 bits per heavy atom. The minimum atomic E-state index is -0.976. The summed E-state index contributed by atoms with van der Waals surface area (Å²) in [4.78, 5) is 0. The first-order valence-electron chi connectivity index (χ1n) is 4.64. The molecule has 0 aliphatic rings. The zero-order valence-electron chi connectivity index (χ0n) is 8.81. The number of hydroxylamine groups is 2. The Balaban J connectivity index is 2.81. The van der Waals surface area contributed by atoms with Crippen molar-refractivity contribution in [1.82, 2.24) is 5.06 Å². The normalized spacial score (nSPS) is 14.4. The summed E-state index contributed by atoms with van der Waals surface area (Å²) >= 11 is 0. The van der Waals surface area contributed by atoms with Gasteiger partial charge in [0.15, 0.2) is 6.23 Å². The van der Waals surface area contributed by atoms with Crippen molar-refractivity contribution in [1.29, 1.82) is 0 Å². The first-order chi connectivity index (χ1) is 6.43. The van der Waals surface area contributed by atoms with Crippen LogP contribution in [0.3, 0.4) is 0 Å². The maximum atomic E-state index is 9.80. The number of nitrogens with zero attached hydrogens (tertiary/aromatic N) is 1. The van der Waals surface area contributed by atoms with Crippen molar-refractivity contribution in [3.8, 4) is 0 Å². The van der Waals surface area contributed by atoms with Crippen LogP contribution in [0.25, 0.3) is 0 Å². The number of aliphatic hydroxyl groups is 1. The fourth-order valence-electron chi connectivity index (χ4n) is 1.13. The molecular formula is C11H17NO2. The summed E-state index contributed by atoms with van der Waals surface area (Å²) in [6, 6.07) is 9.08. The summed E-state index contributed by atoms with van der Waals surface area (Å²) in [6.45, 7) is 5.50. The van der Waals surface area contributed by atoms with E-state index in [1.807, 2.05) is 39.0 Å². The third-order valence-corrected chi connectivity index (χ3v) is 2.02. The second-order valence-electron chi connectivity index (χ2n) is 4.30. The molecule has 2 N–H and O–H groups in total. The van der Waals surface area contributed by atoms with E-state index in [-0.39, 0.29) is 0 Å². The molecule has 0 amide bonds. The smallest absolute Gasteiger partial charge is 0.155 e. The molecule has 1 aromatic carbocycles. The summed E-state index contributed by atoms with van der Waals surface area (Å²) in [7, 11) is 0. The van der Waals surface area contributed by atoms with Gasteiger partial charge in [-0.25, -0.2) is 0 Å². The largest absolute Gasteiger partial charge is 0.372 e. The lowest BCUT2D eigenvalue weighted by Crippen LogP contribution is -2.41. The summed E-state index contributed by atoms with van der Waals surface area (Å²) in [5.74, 6) is 0. The fraction of sp³-hybridized carbons (Fsp3) is 0.455. The Bertz CT molecular complexity index is 279. The molecule has 0 aliphatic carbocycles. The molecule has 0 aromatic heterocycles. The van der Waals surface area contributed by atoms with Gasteiger partial charge in [0.1, 0.15) is 0 Å². The van der Waals surface area contributed by atoms with Crippen molar-refractivity contribution >= 4 is 0 Å². The predicted molar refractivity (Wildman–Crippen MR) is 54.8 cm³/mol. The van der Waals surface area contributed by atoms with Gasteiger partial charge < -0.3 is 10.3 Å². The minimum Gasteiger partial charge on any atom is -0.372 e. The highest BCUT2D eigenvalue weighted by Gasteiger charge is 2.26. The summed E-state index contributed by atoms with van der Waals surface area (Å²) in [5, 5.41) is 20.4. The molecular weight excluding hydrogens is 178 g/mol. The monoisotopic (exact) mass is 195 g/mol. The van der Waals surface area contributed by atoms with E-state index in [2.05, 4.69) is 0 Å². The van der Waals surface area contributed by atoms with Crippen LogP contribution < -0.4 is 0 Å². The topological polar surface area (TPSA) is 43.7 Å². The number of rotatable bonds is 2. The van der Waals surface area contributed by atoms with Crippen molar-refractivity contribution in [2.75, 3.05) is 0 Å². The van der Waals surface area contributed by atoms with Crippen LogP contribution in [0.1, 0.15) is 32.6 Å². The van der Waals surface area contributed by atoms with Gasteiger partial charge in [-0.3, -0.25) is 0 Å². The average molecular weight is 195 g/mol. The molecule has 0 aliphatic heterocycles. The van der Waals surface area contributed by atoms with Crippen LogP contribution in [-0.4, -0.2) is 20.9 Å². The summed E-state index contributed by atoms with van der Waals surface area (Å²) in [5.41, 5.74) is 0.208. The molecule has 14 heavy (non-hydrogen) atoms. The van der Waals surface area contributed by atoms with Crippen LogP contribution in [0, 0.1) is 0 Å². The van der Waals surface area contributed by atoms with E-state index in [9.17, 15) is 10.3 Å². The molecule has 3 heteroatoms. The Hall–Kier alpha value is -0.900. The lowest BCUT2D eigenvalue weighted by molar-refractivity contribution is -0.247. The number of hydrogen-bond donors (Lipinski definition) is 2. The average Bonchev–Trinajstić information content (AvgIpc) is 2.15. The summed E-state index contributed by atoms with van der Waals surface area (Å²) < 4.78 is 0. The number of hydrogen-bond acceptors (Lipinski definition) is 3. The second kappa shape index (κ2) is 4.09. The molecule has 0 radical (unpaired) electrons. The first kappa shape index (κ1) is 11.2. The van der Waals surface area contributed by atoms with E-state index >= 15 is 0 Å². The molecule has 1 atom stereocenters. The van der Waals surface area contributed by atoms with Crippen LogP contribution in [0.2, 0.25) is 0 Å². The molecule has 78 valence electrons. The van der Waals surface area contributed by atoms with Gasteiger partial charge in [0.05, 0.1) is 0 Å². The van der Waals surface area contributed by atoms with Gasteiger partial charge in [-0.1, -0.05) is 30.3 Å². The van der Waals surface area contributed by atoms with Crippen LogP contribution in [0.4, 0.5) is 0 Å². The number of benzene rings is 1. The Labute approximate surface area is 84.6 Å². The van der Waals surface area contributed by atoms with Crippen molar-refractivity contribution in [3.05, 3.63) is 35.9 Å². The van der Waals surface area contributed by atoms with Crippen molar-refractivity contribution < 1.29 is 10.3 Å². The molecule has 1 aromatic rings. The maximum Gasteiger partial charge on any atom is 0.155 e. The van der Waals surface area contributed by atoms with Gasteiger partial charge in [-0.05, 0) is 26.3 Å². The third kappa shape index (κ3) is 2.54. The second-order valence-corrected chi connectivity index (χ2v) is 4.30. The van der Waals surface area contributed by atoms with Crippen molar-refractivity contribution in [2.24, 2.45) is 0 Å². The SMILES string of the molecule is CC(C)(C)N(O)C(O)c1ccccc1. The highest BCUT2D eigenvalue weighted by atomic mass is 16.5. The Morgan fingerprint density at radius 1 is 1.14 bits per heavy atom. The summed E-state index contributed by atoms with van der Waals surface area (Å²) in [6.07, 6.45) is -0.976. The highest BCUT2D eigenvalue weighted by Crippen LogP contribution is 2.23. The van der Waals surface area contributed by atoms with E-state index in [1.54, 1.807) is 12.1 Å². The highest BCUT2D eigenvalue weighted by molar-refractivity contribution is 5.16. The van der Waals surface area contributed by atoms with E-state index in [0.29, 0.717) is 5.56 Å². The molecule has 1 rings (SSSR count). The van der Waals surface area contributed by atoms with Gasteiger partial charge in [0.2, 0.25) is 0 Å². The maximum absolute atomic E-state index is 9.80. The van der Waals surface area contributed by atoms with Gasteiger partial charge in [0.25, 0.3) is 0 Å². The van der Waals surface area contributed by atoms with Crippen LogP contribution in [0.15, 0.2) is 30.3 Å². The fourth-order valence-corrected chi connectivity index (χ4v) is 1.13. The molecule has 0 fully saturated rings. The molecule has 0 saturated carbocycles. The van der Waals surface area contributed by atoms with Gasteiger partial charge in [0, 0.05) is 5.54 Å².